The summed E-state index contributed by atoms with van der Waals surface area (Å²) in [6.45, 7) is 1.81. The number of hydrogen-bond acceptors (Lipinski definition) is 3. The van der Waals surface area contributed by atoms with Crippen LogP contribution in [0.1, 0.15) is 68.0 Å². The van der Waals surface area contributed by atoms with Crippen LogP contribution in [-0.4, -0.2) is 32.7 Å². The Kier molecular flexibility index (Phi) is 6.91. The van der Waals surface area contributed by atoms with Crippen LogP contribution in [0.25, 0.3) is 0 Å². The summed E-state index contributed by atoms with van der Waals surface area (Å²) in [4.78, 5) is 7.08. The van der Waals surface area contributed by atoms with Gasteiger partial charge in [0.15, 0.2) is 5.11 Å². The SMILES string of the molecule is S=C1N[C@@H](c2ccccn2)[C@@H](c2cccn2C2CCCCC2)N1CCCNc1ccccc1. The van der Waals surface area contributed by atoms with Crippen LogP contribution in [0.2, 0.25) is 0 Å². The van der Waals surface area contributed by atoms with Crippen LogP contribution < -0.4 is 10.6 Å². The first kappa shape index (κ1) is 22.0. The van der Waals surface area contributed by atoms with E-state index in [0.29, 0.717) is 6.04 Å². The zero-order valence-corrected chi connectivity index (χ0v) is 19.9. The van der Waals surface area contributed by atoms with Gasteiger partial charge in [0.1, 0.15) is 0 Å². The fraction of sp³-hybridized carbons (Fsp3) is 0.407. The third-order valence-corrected chi connectivity index (χ3v) is 7.31. The Morgan fingerprint density at radius 2 is 1.79 bits per heavy atom. The third kappa shape index (κ3) is 4.91. The van der Waals surface area contributed by atoms with Crippen molar-refractivity contribution in [2.75, 3.05) is 18.4 Å². The molecule has 0 unspecified atom stereocenters. The number of aromatic nitrogens is 2. The van der Waals surface area contributed by atoms with Gasteiger partial charge < -0.3 is 20.1 Å². The minimum atomic E-state index is 0.0537. The largest absolute Gasteiger partial charge is 0.385 e. The minimum Gasteiger partial charge on any atom is -0.385 e. The molecule has 3 heterocycles. The molecular formula is C27H33N5S. The molecule has 5 nitrogen and oxygen atoms in total. The van der Waals surface area contributed by atoms with Crippen molar-refractivity contribution in [2.45, 2.75) is 56.7 Å². The molecule has 0 bridgehead atoms. The van der Waals surface area contributed by atoms with Gasteiger partial charge in [-0.25, -0.2) is 0 Å². The molecule has 1 aliphatic heterocycles. The summed E-state index contributed by atoms with van der Waals surface area (Å²) in [5.41, 5.74) is 3.56. The first-order valence-corrected chi connectivity index (χ1v) is 12.7. The standard InChI is InChI=1S/C27H33N5S/c33-27-30-25(23-15-7-8-17-29-23)26(24-16-9-19-31(24)22-13-5-2-6-14-22)32(27)20-10-18-28-21-11-3-1-4-12-21/h1,3-4,7-9,11-12,15-17,19,22,25-26,28H,2,5-6,10,13-14,18,20H2,(H,30,33)/t25-,26+/m0/s1. The van der Waals surface area contributed by atoms with Gasteiger partial charge in [0.25, 0.3) is 0 Å². The second kappa shape index (κ2) is 10.4. The van der Waals surface area contributed by atoms with Gasteiger partial charge in [0.2, 0.25) is 0 Å². The van der Waals surface area contributed by atoms with E-state index in [0.717, 1.165) is 36.0 Å². The van der Waals surface area contributed by atoms with Crippen LogP contribution >= 0.6 is 12.2 Å². The lowest BCUT2D eigenvalue weighted by molar-refractivity contribution is 0.279. The number of nitrogens with zero attached hydrogens (tertiary/aromatic N) is 3. The number of thiocarbonyl (C=S) groups is 1. The highest BCUT2D eigenvalue weighted by Crippen LogP contribution is 2.41. The molecule has 33 heavy (non-hydrogen) atoms. The number of benzene rings is 1. The lowest BCUT2D eigenvalue weighted by Gasteiger charge is -2.32. The van der Waals surface area contributed by atoms with Gasteiger partial charge in [0.05, 0.1) is 17.8 Å². The molecule has 2 fully saturated rings. The van der Waals surface area contributed by atoms with Crippen LogP contribution in [0.15, 0.2) is 73.1 Å². The van der Waals surface area contributed by atoms with Gasteiger partial charge in [-0.05, 0) is 67.9 Å². The predicted octanol–water partition coefficient (Wildman–Crippen LogP) is 5.86. The lowest BCUT2D eigenvalue weighted by Crippen LogP contribution is -2.33. The minimum absolute atomic E-state index is 0.0537. The zero-order chi connectivity index (χ0) is 22.5. The summed E-state index contributed by atoms with van der Waals surface area (Å²) in [5.74, 6) is 0. The average molecular weight is 460 g/mol. The Bertz CT molecular complexity index is 1030. The highest BCUT2D eigenvalue weighted by molar-refractivity contribution is 7.80. The number of hydrogen-bond donors (Lipinski definition) is 2. The fourth-order valence-corrected chi connectivity index (χ4v) is 5.69. The zero-order valence-electron chi connectivity index (χ0n) is 19.1. The molecule has 5 rings (SSSR count). The van der Waals surface area contributed by atoms with E-state index in [2.05, 4.69) is 74.8 Å². The van der Waals surface area contributed by atoms with E-state index in [9.17, 15) is 0 Å². The molecule has 1 saturated heterocycles. The summed E-state index contributed by atoms with van der Waals surface area (Å²) in [5, 5.41) is 7.97. The Labute approximate surface area is 202 Å². The van der Waals surface area contributed by atoms with Crippen molar-refractivity contribution in [1.29, 1.82) is 0 Å². The molecule has 172 valence electrons. The molecule has 0 radical (unpaired) electrons. The van der Waals surface area contributed by atoms with Gasteiger partial charge in [0, 0.05) is 42.9 Å². The van der Waals surface area contributed by atoms with Gasteiger partial charge >= 0.3 is 0 Å². The van der Waals surface area contributed by atoms with Gasteiger partial charge in [-0.2, -0.15) is 0 Å². The molecule has 2 N–H and O–H groups in total. The highest BCUT2D eigenvalue weighted by Gasteiger charge is 2.41. The maximum Gasteiger partial charge on any atom is 0.170 e. The second-order valence-electron chi connectivity index (χ2n) is 9.10. The number of nitrogens with one attached hydrogen (secondary N) is 2. The van der Waals surface area contributed by atoms with E-state index >= 15 is 0 Å². The molecule has 2 aromatic heterocycles. The number of para-hydroxylation sites is 1. The monoisotopic (exact) mass is 459 g/mol. The van der Waals surface area contributed by atoms with Gasteiger partial charge in [-0.1, -0.05) is 43.5 Å². The van der Waals surface area contributed by atoms with E-state index in [1.54, 1.807) is 0 Å². The number of rotatable bonds is 8. The van der Waals surface area contributed by atoms with E-state index in [1.807, 2.05) is 18.3 Å². The van der Waals surface area contributed by atoms with Gasteiger partial charge in [-0.15, -0.1) is 0 Å². The molecule has 1 aromatic carbocycles. The lowest BCUT2D eigenvalue weighted by atomic mass is 9.94. The second-order valence-corrected chi connectivity index (χ2v) is 9.49. The molecule has 2 atom stereocenters. The van der Waals surface area contributed by atoms with Crippen molar-refractivity contribution in [3.63, 3.8) is 0 Å². The van der Waals surface area contributed by atoms with Gasteiger partial charge in [-0.3, -0.25) is 4.98 Å². The molecule has 3 aromatic rings. The maximum atomic E-state index is 5.87. The normalized spacial score (nSPS) is 21.2. The average Bonchev–Trinajstić information content (AvgIpc) is 3.48. The van der Waals surface area contributed by atoms with Crippen molar-refractivity contribution in [1.82, 2.24) is 19.8 Å². The van der Waals surface area contributed by atoms with Crippen molar-refractivity contribution >= 4 is 23.0 Å². The van der Waals surface area contributed by atoms with Crippen LogP contribution in [0.3, 0.4) is 0 Å². The predicted molar refractivity (Wildman–Crippen MR) is 138 cm³/mol. The summed E-state index contributed by atoms with van der Waals surface area (Å²) in [6, 6.07) is 21.8. The number of anilines is 1. The van der Waals surface area contributed by atoms with Crippen molar-refractivity contribution in [3.8, 4) is 0 Å². The summed E-state index contributed by atoms with van der Waals surface area (Å²) in [6.07, 6.45) is 11.7. The summed E-state index contributed by atoms with van der Waals surface area (Å²) < 4.78 is 2.53. The quantitative estimate of drug-likeness (QED) is 0.326. The topological polar surface area (TPSA) is 45.1 Å². The first-order valence-electron chi connectivity index (χ1n) is 12.2. The van der Waals surface area contributed by atoms with Crippen LogP contribution in [0.5, 0.6) is 0 Å². The molecule has 1 saturated carbocycles. The highest BCUT2D eigenvalue weighted by atomic mass is 32.1. The summed E-state index contributed by atoms with van der Waals surface area (Å²) >= 11 is 5.87. The Balaban J connectivity index is 1.37. The van der Waals surface area contributed by atoms with E-state index in [4.69, 9.17) is 17.2 Å². The molecule has 6 heteroatoms. The summed E-state index contributed by atoms with van der Waals surface area (Å²) in [7, 11) is 0. The molecular weight excluding hydrogens is 426 g/mol. The number of pyridine rings is 1. The first-order chi connectivity index (χ1) is 16.3. The molecule has 0 spiro atoms. The Morgan fingerprint density at radius 3 is 2.58 bits per heavy atom. The smallest absolute Gasteiger partial charge is 0.170 e. The van der Waals surface area contributed by atoms with Crippen molar-refractivity contribution in [2.24, 2.45) is 0 Å². The van der Waals surface area contributed by atoms with E-state index in [-0.39, 0.29) is 12.1 Å². The van der Waals surface area contributed by atoms with Crippen LogP contribution in [0.4, 0.5) is 5.69 Å². The molecule has 1 aliphatic carbocycles. The van der Waals surface area contributed by atoms with E-state index < -0.39 is 0 Å². The third-order valence-electron chi connectivity index (χ3n) is 6.96. The fourth-order valence-electron chi connectivity index (χ4n) is 5.36. The Hall–Kier alpha value is -2.86. The van der Waals surface area contributed by atoms with Crippen molar-refractivity contribution in [3.05, 3.63) is 84.4 Å². The van der Waals surface area contributed by atoms with Crippen molar-refractivity contribution < 1.29 is 0 Å². The maximum absolute atomic E-state index is 5.87. The van der Waals surface area contributed by atoms with Crippen LogP contribution in [-0.2, 0) is 0 Å². The van der Waals surface area contributed by atoms with E-state index in [1.165, 1.54) is 37.8 Å². The van der Waals surface area contributed by atoms with Crippen LogP contribution in [0, 0.1) is 0 Å². The molecule has 0 amide bonds. The molecule has 2 aliphatic rings. The Morgan fingerprint density at radius 1 is 0.970 bits per heavy atom.